The number of anilines is 3. The Hall–Kier alpha value is -7.93. The summed E-state index contributed by atoms with van der Waals surface area (Å²) >= 11 is 0. The number of fused-ring (bicyclic) bond motifs is 5. The lowest BCUT2D eigenvalue weighted by Gasteiger charge is -2.46. The number of hydrogen-bond acceptors (Lipinski definition) is 2. The van der Waals surface area contributed by atoms with Gasteiger partial charge in [-0.2, -0.15) is 5.26 Å². The van der Waals surface area contributed by atoms with Gasteiger partial charge in [0, 0.05) is 22.0 Å². The molecule has 0 aliphatic carbocycles. The molecule has 0 N–H and O–H groups in total. The zero-order chi connectivity index (χ0) is 39.3. The fourth-order valence-electron chi connectivity index (χ4n) is 9.65. The summed E-state index contributed by atoms with van der Waals surface area (Å²) in [6.45, 7) is 0. The van der Waals surface area contributed by atoms with E-state index >= 15 is 0 Å². The van der Waals surface area contributed by atoms with Gasteiger partial charge in [-0.1, -0.05) is 164 Å². The van der Waals surface area contributed by atoms with E-state index in [4.69, 9.17) is 0 Å². The van der Waals surface area contributed by atoms with E-state index in [9.17, 15) is 5.26 Å². The summed E-state index contributed by atoms with van der Waals surface area (Å²) in [5, 5.41) is 12.0. The molecule has 1 aliphatic heterocycles. The number of rotatable bonds is 6. The Balaban J connectivity index is 1.19. The van der Waals surface area contributed by atoms with Crippen LogP contribution in [-0.2, 0) is 5.41 Å². The molecular formula is C56H37N3. The van der Waals surface area contributed by atoms with Crippen LogP contribution in [0.15, 0.2) is 224 Å². The topological polar surface area (TPSA) is 32.0 Å². The van der Waals surface area contributed by atoms with E-state index in [0.29, 0.717) is 5.56 Å². The van der Waals surface area contributed by atoms with Gasteiger partial charge in [-0.15, -0.1) is 0 Å². The molecule has 2 heterocycles. The second-order valence-corrected chi connectivity index (χ2v) is 15.2. The van der Waals surface area contributed by atoms with Crippen molar-refractivity contribution in [2.75, 3.05) is 4.90 Å². The van der Waals surface area contributed by atoms with Gasteiger partial charge in [0.15, 0.2) is 0 Å². The van der Waals surface area contributed by atoms with Crippen LogP contribution in [0.1, 0.15) is 27.8 Å². The van der Waals surface area contributed by atoms with Crippen LogP contribution in [0, 0.1) is 11.3 Å². The smallest absolute Gasteiger partial charge is 0.0991 e. The first-order chi connectivity index (χ1) is 29.3. The highest BCUT2D eigenvalue weighted by Crippen LogP contribution is 2.58. The van der Waals surface area contributed by atoms with E-state index in [0.717, 1.165) is 66.8 Å². The molecule has 0 fully saturated rings. The van der Waals surface area contributed by atoms with Crippen molar-refractivity contribution in [1.29, 1.82) is 5.26 Å². The molecule has 1 aliphatic rings. The third kappa shape index (κ3) is 5.28. The van der Waals surface area contributed by atoms with E-state index < -0.39 is 5.41 Å². The highest BCUT2D eigenvalue weighted by Gasteiger charge is 2.46. The lowest BCUT2D eigenvalue weighted by molar-refractivity contribution is 0.731. The van der Waals surface area contributed by atoms with Crippen molar-refractivity contribution >= 4 is 38.9 Å². The minimum Gasteiger partial charge on any atom is -0.310 e. The van der Waals surface area contributed by atoms with Crippen molar-refractivity contribution in [2.45, 2.75) is 5.41 Å². The fraction of sp³-hybridized carbons (Fsp3) is 0.0179. The zero-order valence-electron chi connectivity index (χ0n) is 32.2. The van der Waals surface area contributed by atoms with Gasteiger partial charge in [0.2, 0.25) is 0 Å². The number of nitrogens with zero attached hydrogens (tertiary/aromatic N) is 3. The first-order valence-electron chi connectivity index (χ1n) is 20.1. The molecule has 276 valence electrons. The Morgan fingerprint density at radius 2 is 0.949 bits per heavy atom. The predicted octanol–water partition coefficient (Wildman–Crippen LogP) is 14.2. The quantitative estimate of drug-likeness (QED) is 0.169. The van der Waals surface area contributed by atoms with Gasteiger partial charge in [0.1, 0.15) is 0 Å². The lowest BCUT2D eigenvalue weighted by Crippen LogP contribution is -2.37. The minimum atomic E-state index is -0.617. The van der Waals surface area contributed by atoms with Gasteiger partial charge in [0.05, 0.1) is 45.1 Å². The molecule has 0 spiro atoms. The zero-order valence-corrected chi connectivity index (χ0v) is 32.2. The normalized spacial score (nSPS) is 12.8. The van der Waals surface area contributed by atoms with Crippen LogP contribution in [0.4, 0.5) is 17.1 Å². The Morgan fingerprint density at radius 3 is 1.68 bits per heavy atom. The molecule has 11 rings (SSSR count). The first-order valence-corrected chi connectivity index (χ1v) is 20.1. The van der Waals surface area contributed by atoms with Crippen LogP contribution in [0.5, 0.6) is 0 Å². The van der Waals surface area contributed by atoms with Gasteiger partial charge >= 0.3 is 0 Å². The second-order valence-electron chi connectivity index (χ2n) is 15.2. The van der Waals surface area contributed by atoms with Crippen molar-refractivity contribution in [3.05, 3.63) is 252 Å². The third-order valence-electron chi connectivity index (χ3n) is 12.1. The Kier molecular flexibility index (Phi) is 8.10. The number of aromatic nitrogens is 1. The van der Waals surface area contributed by atoms with E-state index in [-0.39, 0.29) is 0 Å². The number of benzene rings is 9. The van der Waals surface area contributed by atoms with E-state index in [1.165, 1.54) is 22.3 Å². The number of hydrogen-bond donors (Lipinski definition) is 0. The average Bonchev–Trinajstić information content (AvgIpc) is 3.65. The summed E-state index contributed by atoms with van der Waals surface area (Å²) in [5.41, 5.74) is 16.2. The molecule has 0 atom stereocenters. The number of para-hydroxylation sites is 4. The molecule has 0 saturated heterocycles. The minimum absolute atomic E-state index is 0.617. The van der Waals surface area contributed by atoms with E-state index in [1.54, 1.807) is 0 Å². The molecule has 3 heteroatoms. The third-order valence-corrected chi connectivity index (χ3v) is 12.1. The summed E-state index contributed by atoms with van der Waals surface area (Å²) in [7, 11) is 0. The van der Waals surface area contributed by atoms with Gasteiger partial charge in [-0.05, 0) is 99.6 Å². The van der Waals surface area contributed by atoms with Gasteiger partial charge in [0.25, 0.3) is 0 Å². The van der Waals surface area contributed by atoms with Crippen LogP contribution < -0.4 is 4.90 Å². The highest BCUT2D eigenvalue weighted by molar-refractivity contribution is 6.10. The number of nitriles is 1. The molecule has 0 amide bonds. The van der Waals surface area contributed by atoms with Crippen LogP contribution >= 0.6 is 0 Å². The van der Waals surface area contributed by atoms with E-state index in [1.807, 2.05) is 12.1 Å². The molecule has 59 heavy (non-hydrogen) atoms. The molecule has 10 aromatic rings. The van der Waals surface area contributed by atoms with Crippen LogP contribution in [-0.4, -0.2) is 4.57 Å². The molecular weight excluding hydrogens is 715 g/mol. The molecule has 0 saturated carbocycles. The maximum Gasteiger partial charge on any atom is 0.0991 e. The van der Waals surface area contributed by atoms with Crippen molar-refractivity contribution in [2.24, 2.45) is 0 Å². The van der Waals surface area contributed by atoms with Crippen LogP contribution in [0.25, 0.3) is 49.7 Å². The molecule has 9 aromatic carbocycles. The van der Waals surface area contributed by atoms with Gasteiger partial charge in [-0.3, -0.25) is 0 Å². The fourth-order valence-corrected chi connectivity index (χ4v) is 9.65. The highest BCUT2D eigenvalue weighted by atomic mass is 15.2. The Bertz CT molecular complexity index is 3190. The van der Waals surface area contributed by atoms with Crippen molar-refractivity contribution in [1.82, 2.24) is 4.57 Å². The molecule has 3 nitrogen and oxygen atoms in total. The lowest BCUT2D eigenvalue weighted by atomic mass is 9.62. The SMILES string of the molecule is N#Cc1ccc2c(c1)c1ccccc1n2-c1ccccc1-c1ccccc1-c1ccc2c(c1)C(c1ccccc1)(c1ccccc1)c1ccccc1N2c1ccccc1. The maximum absolute atomic E-state index is 9.82. The van der Waals surface area contributed by atoms with Gasteiger partial charge < -0.3 is 9.47 Å². The predicted molar refractivity (Wildman–Crippen MR) is 243 cm³/mol. The molecule has 0 bridgehead atoms. The van der Waals surface area contributed by atoms with Crippen LogP contribution in [0.2, 0.25) is 0 Å². The summed E-state index contributed by atoms with van der Waals surface area (Å²) in [5.74, 6) is 0. The Labute approximate surface area is 343 Å². The van der Waals surface area contributed by atoms with Gasteiger partial charge in [-0.25, -0.2) is 0 Å². The maximum atomic E-state index is 9.82. The monoisotopic (exact) mass is 751 g/mol. The first kappa shape index (κ1) is 34.3. The second kappa shape index (κ2) is 13.9. The van der Waals surface area contributed by atoms with Crippen molar-refractivity contribution in [3.63, 3.8) is 0 Å². The van der Waals surface area contributed by atoms with Crippen molar-refractivity contribution in [3.8, 4) is 34.0 Å². The molecule has 0 unspecified atom stereocenters. The van der Waals surface area contributed by atoms with Crippen LogP contribution in [0.3, 0.4) is 0 Å². The standard InChI is InChI=1S/C56H37N3/c57-38-39-32-34-53-48(36-39)47-27-13-16-30-52(47)59(53)51-29-15-12-26-46(51)45-25-11-10-24-44(45)40-33-35-55-50(37-40)56(41-18-4-1-5-19-41,42-20-6-2-7-21-42)49-28-14-17-31-54(49)58(55)43-22-8-3-9-23-43/h1-37H. The summed E-state index contributed by atoms with van der Waals surface area (Å²) < 4.78 is 2.36. The summed E-state index contributed by atoms with van der Waals surface area (Å²) in [4.78, 5) is 2.43. The Morgan fingerprint density at radius 1 is 0.390 bits per heavy atom. The summed E-state index contributed by atoms with van der Waals surface area (Å²) in [6, 6.07) is 83.1. The largest absolute Gasteiger partial charge is 0.310 e. The van der Waals surface area contributed by atoms with E-state index in [2.05, 4.69) is 228 Å². The molecule has 1 aromatic heterocycles. The summed E-state index contributed by atoms with van der Waals surface area (Å²) in [6.07, 6.45) is 0. The average molecular weight is 752 g/mol. The molecule has 0 radical (unpaired) electrons. The van der Waals surface area contributed by atoms with Crippen molar-refractivity contribution < 1.29 is 0 Å².